The highest BCUT2D eigenvalue weighted by atomic mass is 19.1. The Kier molecular flexibility index (Phi) is 4.81. The van der Waals surface area contributed by atoms with Crippen molar-refractivity contribution >= 4 is 17.5 Å². The lowest BCUT2D eigenvalue weighted by atomic mass is 10.2. The van der Waals surface area contributed by atoms with Crippen molar-refractivity contribution in [2.45, 2.75) is 20.3 Å². The third-order valence-electron chi connectivity index (χ3n) is 2.79. The van der Waals surface area contributed by atoms with Crippen molar-refractivity contribution in [3.63, 3.8) is 0 Å². The van der Waals surface area contributed by atoms with E-state index < -0.39 is 11.7 Å². The van der Waals surface area contributed by atoms with Crippen LogP contribution in [0.1, 0.15) is 29.3 Å². The van der Waals surface area contributed by atoms with Crippen molar-refractivity contribution in [1.29, 1.82) is 0 Å². The molecule has 0 aliphatic carbocycles. The maximum absolute atomic E-state index is 13.3. The topological polar surface area (TPSA) is 66.9 Å². The van der Waals surface area contributed by atoms with E-state index in [-0.39, 0.29) is 5.56 Å². The van der Waals surface area contributed by atoms with Gasteiger partial charge in [0.1, 0.15) is 17.5 Å². The largest absolute Gasteiger partial charge is 0.369 e. The standard InChI is InChI=1S/C15H17FN4O/c1-3-6-17-14-12(7-11(16)9-19-14)15(21)20-13-5-4-10(2)8-18-13/h4-5,7-9H,3,6H2,1-2H3,(H,17,19)(H,18,20,21). The van der Waals surface area contributed by atoms with E-state index in [2.05, 4.69) is 20.6 Å². The summed E-state index contributed by atoms with van der Waals surface area (Å²) in [4.78, 5) is 20.3. The van der Waals surface area contributed by atoms with Crippen LogP contribution in [0.5, 0.6) is 0 Å². The van der Waals surface area contributed by atoms with Crippen LogP contribution >= 0.6 is 0 Å². The predicted molar refractivity (Wildman–Crippen MR) is 79.9 cm³/mol. The first-order chi connectivity index (χ1) is 10.1. The molecule has 2 N–H and O–H groups in total. The van der Waals surface area contributed by atoms with Crippen LogP contribution in [0.4, 0.5) is 16.0 Å². The number of hydrogen-bond acceptors (Lipinski definition) is 4. The quantitative estimate of drug-likeness (QED) is 0.887. The predicted octanol–water partition coefficient (Wildman–Crippen LogP) is 3.00. The Morgan fingerprint density at radius 3 is 2.76 bits per heavy atom. The fraction of sp³-hybridized carbons (Fsp3) is 0.267. The second-order valence-corrected chi connectivity index (χ2v) is 4.65. The molecule has 0 aliphatic heterocycles. The molecule has 0 saturated carbocycles. The van der Waals surface area contributed by atoms with Crippen LogP contribution in [-0.4, -0.2) is 22.4 Å². The number of aryl methyl sites for hydroxylation is 1. The summed E-state index contributed by atoms with van der Waals surface area (Å²) in [5.74, 6) is -0.227. The van der Waals surface area contributed by atoms with Crippen LogP contribution in [-0.2, 0) is 0 Å². The van der Waals surface area contributed by atoms with Gasteiger partial charge in [-0.15, -0.1) is 0 Å². The Labute approximate surface area is 122 Å². The minimum absolute atomic E-state index is 0.158. The third kappa shape index (κ3) is 3.98. The zero-order valence-electron chi connectivity index (χ0n) is 12.0. The fourth-order valence-corrected chi connectivity index (χ4v) is 1.72. The normalized spacial score (nSPS) is 10.2. The number of rotatable bonds is 5. The van der Waals surface area contributed by atoms with Gasteiger partial charge in [0, 0.05) is 12.7 Å². The smallest absolute Gasteiger partial charge is 0.260 e. The molecule has 0 fully saturated rings. The number of hydrogen-bond donors (Lipinski definition) is 2. The molecule has 2 aromatic heterocycles. The van der Waals surface area contributed by atoms with Gasteiger partial charge in [-0.25, -0.2) is 14.4 Å². The third-order valence-corrected chi connectivity index (χ3v) is 2.79. The number of aromatic nitrogens is 2. The molecule has 21 heavy (non-hydrogen) atoms. The van der Waals surface area contributed by atoms with Gasteiger partial charge in [-0.3, -0.25) is 4.79 Å². The number of carbonyl (C=O) groups is 1. The molecule has 0 aliphatic rings. The highest BCUT2D eigenvalue weighted by Gasteiger charge is 2.14. The van der Waals surface area contributed by atoms with Gasteiger partial charge in [-0.2, -0.15) is 0 Å². The second-order valence-electron chi connectivity index (χ2n) is 4.65. The van der Waals surface area contributed by atoms with Crippen molar-refractivity contribution in [3.8, 4) is 0 Å². The molecule has 0 spiro atoms. The molecule has 2 heterocycles. The number of anilines is 2. The number of amides is 1. The summed E-state index contributed by atoms with van der Waals surface area (Å²) in [6.07, 6.45) is 3.61. The molecule has 6 heteroatoms. The van der Waals surface area contributed by atoms with E-state index in [1.165, 1.54) is 0 Å². The number of carbonyl (C=O) groups excluding carboxylic acids is 1. The number of nitrogens with zero attached hydrogens (tertiary/aromatic N) is 2. The highest BCUT2D eigenvalue weighted by Crippen LogP contribution is 2.16. The van der Waals surface area contributed by atoms with Crippen molar-refractivity contribution in [2.24, 2.45) is 0 Å². The van der Waals surface area contributed by atoms with Crippen LogP contribution in [0.2, 0.25) is 0 Å². The van der Waals surface area contributed by atoms with Crippen LogP contribution in [0.15, 0.2) is 30.6 Å². The molecule has 2 rings (SSSR count). The average Bonchev–Trinajstić information content (AvgIpc) is 2.48. The van der Waals surface area contributed by atoms with Gasteiger partial charge in [0.05, 0.1) is 11.8 Å². The lowest BCUT2D eigenvalue weighted by Crippen LogP contribution is -2.17. The van der Waals surface area contributed by atoms with Gasteiger partial charge in [-0.1, -0.05) is 13.0 Å². The first-order valence-corrected chi connectivity index (χ1v) is 6.73. The summed E-state index contributed by atoms with van der Waals surface area (Å²) in [6, 6.07) is 4.69. The second kappa shape index (κ2) is 6.78. The molecule has 0 radical (unpaired) electrons. The van der Waals surface area contributed by atoms with E-state index in [4.69, 9.17) is 0 Å². The first-order valence-electron chi connectivity index (χ1n) is 6.73. The van der Waals surface area contributed by atoms with Gasteiger partial charge in [-0.05, 0) is 31.0 Å². The molecule has 0 unspecified atom stereocenters. The molecular formula is C15H17FN4O. The molecule has 5 nitrogen and oxygen atoms in total. The zero-order valence-corrected chi connectivity index (χ0v) is 12.0. The van der Waals surface area contributed by atoms with Crippen LogP contribution in [0.25, 0.3) is 0 Å². The number of halogens is 1. The first kappa shape index (κ1) is 14.9. The Morgan fingerprint density at radius 1 is 1.29 bits per heavy atom. The average molecular weight is 288 g/mol. The van der Waals surface area contributed by atoms with Gasteiger partial charge in [0.2, 0.25) is 0 Å². The monoisotopic (exact) mass is 288 g/mol. The highest BCUT2D eigenvalue weighted by molar-refractivity contribution is 6.07. The molecule has 0 saturated heterocycles. The van der Waals surface area contributed by atoms with Crippen LogP contribution in [0, 0.1) is 12.7 Å². The minimum Gasteiger partial charge on any atom is -0.369 e. The maximum atomic E-state index is 13.3. The van der Waals surface area contributed by atoms with Crippen LogP contribution in [0.3, 0.4) is 0 Å². The van der Waals surface area contributed by atoms with Gasteiger partial charge < -0.3 is 10.6 Å². The minimum atomic E-state index is -0.556. The SMILES string of the molecule is CCCNc1ncc(F)cc1C(=O)Nc1ccc(C)cn1. The molecule has 0 atom stereocenters. The fourth-order valence-electron chi connectivity index (χ4n) is 1.72. The molecule has 0 bridgehead atoms. The zero-order chi connectivity index (χ0) is 15.2. The lowest BCUT2D eigenvalue weighted by Gasteiger charge is -2.10. The van der Waals surface area contributed by atoms with E-state index in [0.29, 0.717) is 18.2 Å². The lowest BCUT2D eigenvalue weighted by molar-refractivity contribution is 0.102. The van der Waals surface area contributed by atoms with Crippen molar-refractivity contribution < 1.29 is 9.18 Å². The molecule has 1 amide bonds. The van der Waals surface area contributed by atoms with E-state index in [0.717, 1.165) is 24.2 Å². The summed E-state index contributed by atoms with van der Waals surface area (Å²) in [6.45, 7) is 4.55. The maximum Gasteiger partial charge on any atom is 0.260 e. The Hall–Kier alpha value is -2.50. The van der Waals surface area contributed by atoms with Gasteiger partial charge in [0.15, 0.2) is 0 Å². The van der Waals surface area contributed by atoms with E-state index >= 15 is 0 Å². The van der Waals surface area contributed by atoms with Crippen LogP contribution < -0.4 is 10.6 Å². The molecular weight excluding hydrogens is 271 g/mol. The Bertz CT molecular complexity index is 628. The van der Waals surface area contributed by atoms with Gasteiger partial charge >= 0.3 is 0 Å². The number of pyridine rings is 2. The summed E-state index contributed by atoms with van der Waals surface area (Å²) in [5.41, 5.74) is 1.15. The Morgan fingerprint density at radius 2 is 2.10 bits per heavy atom. The summed E-state index contributed by atoms with van der Waals surface area (Å²) >= 11 is 0. The van der Waals surface area contributed by atoms with E-state index in [9.17, 15) is 9.18 Å². The van der Waals surface area contributed by atoms with Crippen molar-refractivity contribution in [3.05, 3.63) is 47.5 Å². The van der Waals surface area contributed by atoms with Crippen molar-refractivity contribution in [1.82, 2.24) is 9.97 Å². The summed E-state index contributed by atoms with van der Waals surface area (Å²) in [7, 11) is 0. The summed E-state index contributed by atoms with van der Waals surface area (Å²) < 4.78 is 13.3. The molecule has 110 valence electrons. The molecule has 2 aromatic rings. The van der Waals surface area contributed by atoms with Crippen molar-refractivity contribution in [2.75, 3.05) is 17.2 Å². The van der Waals surface area contributed by atoms with E-state index in [1.807, 2.05) is 19.9 Å². The number of nitrogens with one attached hydrogen (secondary N) is 2. The summed E-state index contributed by atoms with van der Waals surface area (Å²) in [5, 5.41) is 5.64. The molecule has 0 aromatic carbocycles. The van der Waals surface area contributed by atoms with Gasteiger partial charge in [0.25, 0.3) is 5.91 Å². The van der Waals surface area contributed by atoms with E-state index in [1.54, 1.807) is 12.3 Å². The Balaban J connectivity index is 2.20.